The van der Waals surface area contributed by atoms with Gasteiger partial charge in [-0.3, -0.25) is 4.79 Å². The summed E-state index contributed by atoms with van der Waals surface area (Å²) in [5, 5.41) is 0.622. The summed E-state index contributed by atoms with van der Waals surface area (Å²) in [6, 6.07) is 8.66. The van der Waals surface area contributed by atoms with E-state index in [1.807, 2.05) is 12.1 Å². The van der Waals surface area contributed by atoms with E-state index in [0.717, 1.165) is 5.56 Å². The zero-order chi connectivity index (χ0) is 10.8. The number of nitrogens with zero attached hydrogens (tertiary/aromatic N) is 1. The van der Waals surface area contributed by atoms with Gasteiger partial charge in [0, 0.05) is 22.3 Å². The Labute approximate surface area is 91.8 Å². The Morgan fingerprint density at radius 3 is 2.80 bits per heavy atom. The molecule has 1 heterocycles. The lowest BCUT2D eigenvalue weighted by molar-refractivity contribution is 1.07. The van der Waals surface area contributed by atoms with Crippen molar-refractivity contribution in [3.63, 3.8) is 0 Å². The molecule has 0 atom stereocenters. The topological polar surface area (TPSA) is 45.8 Å². The van der Waals surface area contributed by atoms with E-state index in [9.17, 15) is 4.79 Å². The van der Waals surface area contributed by atoms with Gasteiger partial charge < -0.3 is 4.98 Å². The third-order valence-electron chi connectivity index (χ3n) is 1.97. The molecule has 0 saturated heterocycles. The van der Waals surface area contributed by atoms with Gasteiger partial charge in [-0.05, 0) is 19.1 Å². The molecule has 1 aromatic heterocycles. The zero-order valence-corrected chi connectivity index (χ0v) is 8.88. The number of aromatic amines is 1. The number of hydrogen-bond donors (Lipinski definition) is 1. The molecule has 0 saturated carbocycles. The van der Waals surface area contributed by atoms with Gasteiger partial charge in [-0.2, -0.15) is 0 Å². The van der Waals surface area contributed by atoms with Crippen molar-refractivity contribution in [3.05, 3.63) is 51.4 Å². The van der Waals surface area contributed by atoms with Crippen LogP contribution in [0.4, 0.5) is 0 Å². The van der Waals surface area contributed by atoms with Crippen molar-refractivity contribution in [3.8, 4) is 11.4 Å². The van der Waals surface area contributed by atoms with Gasteiger partial charge in [0.05, 0.1) is 0 Å². The summed E-state index contributed by atoms with van der Waals surface area (Å²) in [7, 11) is 0. The molecule has 3 nitrogen and oxygen atoms in total. The van der Waals surface area contributed by atoms with Crippen LogP contribution >= 0.6 is 11.6 Å². The monoisotopic (exact) mass is 220 g/mol. The normalized spacial score (nSPS) is 10.3. The maximum atomic E-state index is 11.2. The molecule has 76 valence electrons. The Kier molecular flexibility index (Phi) is 2.56. The minimum Gasteiger partial charge on any atom is -0.307 e. The summed E-state index contributed by atoms with van der Waals surface area (Å²) in [5.74, 6) is 0.544. The molecule has 1 N–H and O–H groups in total. The standard InChI is InChI=1S/C11H9ClN2O/c1-7-5-10(15)14-11(13-7)8-3-2-4-9(12)6-8/h2-6H,1H3,(H,13,14,15). The number of H-pyrrole nitrogens is 1. The summed E-state index contributed by atoms with van der Waals surface area (Å²) in [4.78, 5) is 18.1. The Morgan fingerprint density at radius 2 is 2.13 bits per heavy atom. The first-order valence-corrected chi connectivity index (χ1v) is 4.87. The summed E-state index contributed by atoms with van der Waals surface area (Å²) in [5.41, 5.74) is 1.34. The highest BCUT2D eigenvalue weighted by molar-refractivity contribution is 6.30. The molecule has 0 aliphatic rings. The Bertz CT molecular complexity index is 548. The van der Waals surface area contributed by atoms with Crippen molar-refractivity contribution in [2.75, 3.05) is 0 Å². The lowest BCUT2D eigenvalue weighted by atomic mass is 10.2. The number of nitrogens with one attached hydrogen (secondary N) is 1. The molecule has 15 heavy (non-hydrogen) atoms. The van der Waals surface area contributed by atoms with E-state index in [2.05, 4.69) is 9.97 Å². The van der Waals surface area contributed by atoms with Gasteiger partial charge in [0.2, 0.25) is 0 Å². The average Bonchev–Trinajstić information content (AvgIpc) is 2.16. The van der Waals surface area contributed by atoms with E-state index in [-0.39, 0.29) is 5.56 Å². The fraction of sp³-hybridized carbons (Fsp3) is 0.0909. The molecule has 0 amide bonds. The number of aromatic nitrogens is 2. The molecule has 0 bridgehead atoms. The molecule has 0 radical (unpaired) electrons. The molecular formula is C11H9ClN2O. The number of rotatable bonds is 1. The summed E-state index contributed by atoms with van der Waals surface area (Å²) in [6.07, 6.45) is 0. The lowest BCUT2D eigenvalue weighted by Gasteiger charge is -2.01. The second kappa shape index (κ2) is 3.87. The third kappa shape index (κ3) is 2.25. The molecule has 2 aromatic rings. The Hall–Kier alpha value is -1.61. The molecule has 2 rings (SSSR count). The molecule has 0 aliphatic carbocycles. The summed E-state index contributed by atoms with van der Waals surface area (Å²) >= 11 is 5.85. The number of benzene rings is 1. The summed E-state index contributed by atoms with van der Waals surface area (Å²) < 4.78 is 0. The quantitative estimate of drug-likeness (QED) is 0.802. The minimum absolute atomic E-state index is 0.155. The maximum Gasteiger partial charge on any atom is 0.251 e. The van der Waals surface area contributed by atoms with Crippen LogP contribution in [0.5, 0.6) is 0 Å². The second-order valence-corrected chi connectivity index (χ2v) is 3.68. The van der Waals surface area contributed by atoms with Crippen molar-refractivity contribution in [2.45, 2.75) is 6.92 Å². The van der Waals surface area contributed by atoms with E-state index in [4.69, 9.17) is 11.6 Å². The fourth-order valence-corrected chi connectivity index (χ4v) is 1.54. The van der Waals surface area contributed by atoms with Crippen LogP contribution in [0.15, 0.2) is 35.1 Å². The van der Waals surface area contributed by atoms with Crippen molar-refractivity contribution in [1.29, 1.82) is 0 Å². The van der Waals surface area contributed by atoms with Crippen LogP contribution in [0.3, 0.4) is 0 Å². The SMILES string of the molecule is Cc1cc(=O)[nH]c(-c2cccc(Cl)c2)n1. The fourth-order valence-electron chi connectivity index (χ4n) is 1.35. The zero-order valence-electron chi connectivity index (χ0n) is 8.12. The molecule has 4 heteroatoms. The molecule has 1 aromatic carbocycles. The van der Waals surface area contributed by atoms with Crippen LogP contribution in [-0.4, -0.2) is 9.97 Å². The van der Waals surface area contributed by atoms with E-state index < -0.39 is 0 Å². The predicted octanol–water partition coefficient (Wildman–Crippen LogP) is 2.40. The first kappa shape index (κ1) is 9.93. The minimum atomic E-state index is -0.155. The van der Waals surface area contributed by atoms with Crippen LogP contribution in [0.1, 0.15) is 5.69 Å². The van der Waals surface area contributed by atoms with E-state index in [1.54, 1.807) is 19.1 Å². The Balaban J connectivity index is 2.59. The Morgan fingerprint density at radius 1 is 1.33 bits per heavy atom. The van der Waals surface area contributed by atoms with Gasteiger partial charge in [0.1, 0.15) is 5.82 Å². The van der Waals surface area contributed by atoms with Gasteiger partial charge in [-0.15, -0.1) is 0 Å². The molecular weight excluding hydrogens is 212 g/mol. The molecule has 0 aliphatic heterocycles. The second-order valence-electron chi connectivity index (χ2n) is 3.25. The van der Waals surface area contributed by atoms with Gasteiger partial charge in [-0.1, -0.05) is 23.7 Å². The average molecular weight is 221 g/mol. The van der Waals surface area contributed by atoms with Crippen LogP contribution in [-0.2, 0) is 0 Å². The third-order valence-corrected chi connectivity index (χ3v) is 2.20. The van der Waals surface area contributed by atoms with Crippen molar-refractivity contribution >= 4 is 11.6 Å². The highest BCUT2D eigenvalue weighted by atomic mass is 35.5. The van der Waals surface area contributed by atoms with Crippen molar-refractivity contribution < 1.29 is 0 Å². The van der Waals surface area contributed by atoms with Crippen molar-refractivity contribution in [2.24, 2.45) is 0 Å². The largest absolute Gasteiger partial charge is 0.307 e. The molecule has 0 fully saturated rings. The van der Waals surface area contributed by atoms with Gasteiger partial charge in [0.15, 0.2) is 0 Å². The van der Waals surface area contributed by atoms with Gasteiger partial charge in [-0.25, -0.2) is 4.98 Å². The molecule has 0 spiro atoms. The van der Waals surface area contributed by atoms with Gasteiger partial charge in [0.25, 0.3) is 5.56 Å². The first-order chi connectivity index (χ1) is 7.15. The van der Waals surface area contributed by atoms with Crippen molar-refractivity contribution in [1.82, 2.24) is 9.97 Å². The van der Waals surface area contributed by atoms with Crippen LogP contribution in [0.25, 0.3) is 11.4 Å². The number of hydrogen-bond acceptors (Lipinski definition) is 2. The van der Waals surface area contributed by atoms with Crippen LogP contribution in [0.2, 0.25) is 5.02 Å². The highest BCUT2D eigenvalue weighted by Gasteiger charge is 2.01. The van der Waals surface area contributed by atoms with Gasteiger partial charge >= 0.3 is 0 Å². The van der Waals surface area contributed by atoms with E-state index >= 15 is 0 Å². The number of halogens is 1. The first-order valence-electron chi connectivity index (χ1n) is 4.49. The molecule has 0 unspecified atom stereocenters. The number of aryl methyl sites for hydroxylation is 1. The maximum absolute atomic E-state index is 11.2. The highest BCUT2D eigenvalue weighted by Crippen LogP contribution is 2.18. The lowest BCUT2D eigenvalue weighted by Crippen LogP contribution is -2.08. The summed E-state index contributed by atoms with van der Waals surface area (Å²) in [6.45, 7) is 1.78. The van der Waals surface area contributed by atoms with Crippen LogP contribution < -0.4 is 5.56 Å². The van der Waals surface area contributed by atoms with E-state index in [0.29, 0.717) is 16.5 Å². The van der Waals surface area contributed by atoms with E-state index in [1.165, 1.54) is 6.07 Å². The smallest absolute Gasteiger partial charge is 0.251 e. The van der Waals surface area contributed by atoms with Crippen LogP contribution in [0, 0.1) is 6.92 Å². The predicted molar refractivity (Wildman–Crippen MR) is 60.0 cm³/mol.